The number of aromatic nitrogens is 2. The highest BCUT2D eigenvalue weighted by Crippen LogP contribution is 2.20. The van der Waals surface area contributed by atoms with E-state index < -0.39 is 0 Å². The van der Waals surface area contributed by atoms with E-state index in [0.717, 1.165) is 17.8 Å². The van der Waals surface area contributed by atoms with Gasteiger partial charge in [0.1, 0.15) is 11.4 Å². The maximum absolute atomic E-state index is 4.59. The molecule has 0 aliphatic heterocycles. The molecule has 1 rings (SSSR count). The van der Waals surface area contributed by atoms with Crippen molar-refractivity contribution in [2.75, 3.05) is 0 Å². The Morgan fingerprint density at radius 2 is 1.91 bits per heavy atom. The molecule has 1 aromatic heterocycles. The number of nitrogens with zero attached hydrogens (tertiary/aromatic N) is 2. The van der Waals surface area contributed by atoms with Gasteiger partial charge >= 0.3 is 0 Å². The third-order valence-corrected chi connectivity index (χ3v) is 1.44. The molecule has 3 heteroatoms. The van der Waals surface area contributed by atoms with Gasteiger partial charge in [-0.2, -0.15) is 0 Å². The molecule has 0 aromatic carbocycles. The fourth-order valence-electron chi connectivity index (χ4n) is 0.912. The van der Waals surface area contributed by atoms with Crippen LogP contribution in [0.4, 0.5) is 0 Å². The van der Waals surface area contributed by atoms with Crippen molar-refractivity contribution < 1.29 is 4.63 Å². The van der Waals surface area contributed by atoms with E-state index in [0.29, 0.717) is 0 Å². The number of aryl methyl sites for hydroxylation is 1. The molecule has 0 bridgehead atoms. The van der Waals surface area contributed by atoms with E-state index in [-0.39, 0.29) is 5.41 Å². The number of rotatable bonds is 1. The van der Waals surface area contributed by atoms with Crippen LogP contribution >= 0.6 is 0 Å². The van der Waals surface area contributed by atoms with Crippen LogP contribution in [0, 0.1) is 12.3 Å². The molecule has 0 N–H and O–H groups in total. The predicted molar refractivity (Wildman–Crippen MR) is 42.2 cm³/mol. The van der Waals surface area contributed by atoms with Crippen molar-refractivity contribution in [3.63, 3.8) is 0 Å². The van der Waals surface area contributed by atoms with Crippen molar-refractivity contribution in [3.8, 4) is 0 Å². The minimum Gasteiger partial charge on any atom is -0.244 e. The molecule has 0 aliphatic rings. The molecule has 11 heavy (non-hydrogen) atoms. The molecule has 0 spiro atoms. The highest BCUT2D eigenvalue weighted by Gasteiger charge is 2.15. The Hall–Kier alpha value is -0.860. The molecule has 0 saturated carbocycles. The molecule has 0 radical (unpaired) electrons. The average molecular weight is 154 g/mol. The lowest BCUT2D eigenvalue weighted by Gasteiger charge is -2.15. The first-order valence-electron chi connectivity index (χ1n) is 3.77. The first-order chi connectivity index (χ1) is 4.99. The van der Waals surface area contributed by atoms with E-state index in [4.69, 9.17) is 0 Å². The summed E-state index contributed by atoms with van der Waals surface area (Å²) < 4.78 is 4.59. The van der Waals surface area contributed by atoms with Gasteiger partial charge in [0.25, 0.3) is 0 Å². The summed E-state index contributed by atoms with van der Waals surface area (Å²) in [7, 11) is 0. The third-order valence-electron chi connectivity index (χ3n) is 1.44. The minimum absolute atomic E-state index is 0.253. The lowest BCUT2D eigenvalue weighted by molar-refractivity contribution is 0.295. The zero-order chi connectivity index (χ0) is 8.48. The number of hydrogen-bond acceptors (Lipinski definition) is 3. The average Bonchev–Trinajstić information content (AvgIpc) is 2.12. The van der Waals surface area contributed by atoms with Crippen LogP contribution in [-0.4, -0.2) is 10.3 Å². The van der Waals surface area contributed by atoms with Crippen molar-refractivity contribution in [3.05, 3.63) is 11.4 Å². The molecule has 0 amide bonds. The van der Waals surface area contributed by atoms with Crippen molar-refractivity contribution in [1.82, 2.24) is 10.3 Å². The highest BCUT2D eigenvalue weighted by molar-refractivity contribution is 5.06. The van der Waals surface area contributed by atoms with Crippen molar-refractivity contribution in [1.29, 1.82) is 0 Å². The van der Waals surface area contributed by atoms with Crippen LogP contribution in [0.5, 0.6) is 0 Å². The zero-order valence-corrected chi connectivity index (χ0v) is 7.51. The Morgan fingerprint density at radius 1 is 1.27 bits per heavy atom. The molecule has 1 aromatic rings. The smallest absolute Gasteiger partial charge is 0.108 e. The van der Waals surface area contributed by atoms with E-state index in [9.17, 15) is 0 Å². The largest absolute Gasteiger partial charge is 0.244 e. The SMILES string of the molecule is Cc1nonc1CC(C)(C)C. The Bertz CT molecular complexity index is 234. The van der Waals surface area contributed by atoms with Crippen LogP contribution < -0.4 is 0 Å². The molecule has 0 fully saturated rings. The van der Waals surface area contributed by atoms with Gasteiger partial charge in [-0.1, -0.05) is 31.1 Å². The summed E-state index contributed by atoms with van der Waals surface area (Å²) in [5, 5.41) is 7.53. The van der Waals surface area contributed by atoms with Gasteiger partial charge in [-0.3, -0.25) is 0 Å². The summed E-state index contributed by atoms with van der Waals surface area (Å²) in [6.45, 7) is 8.42. The molecular formula is C8H14N2O. The third kappa shape index (κ3) is 2.33. The summed E-state index contributed by atoms with van der Waals surface area (Å²) in [5.74, 6) is 0. The van der Waals surface area contributed by atoms with E-state index in [2.05, 4.69) is 35.7 Å². The molecule has 0 atom stereocenters. The van der Waals surface area contributed by atoms with Gasteiger partial charge in [0.2, 0.25) is 0 Å². The van der Waals surface area contributed by atoms with Gasteiger partial charge in [-0.05, 0) is 18.8 Å². The van der Waals surface area contributed by atoms with E-state index >= 15 is 0 Å². The van der Waals surface area contributed by atoms with Crippen LogP contribution in [0.2, 0.25) is 0 Å². The Kier molecular flexibility index (Phi) is 1.98. The molecule has 0 saturated heterocycles. The Labute approximate surface area is 66.8 Å². The second-order valence-corrected chi connectivity index (χ2v) is 4.03. The van der Waals surface area contributed by atoms with Crippen molar-refractivity contribution in [2.45, 2.75) is 34.1 Å². The molecule has 62 valence electrons. The van der Waals surface area contributed by atoms with Gasteiger partial charge in [-0.25, -0.2) is 4.63 Å². The van der Waals surface area contributed by atoms with Gasteiger partial charge in [0, 0.05) is 0 Å². The van der Waals surface area contributed by atoms with Crippen LogP contribution in [-0.2, 0) is 6.42 Å². The summed E-state index contributed by atoms with van der Waals surface area (Å²) in [4.78, 5) is 0. The van der Waals surface area contributed by atoms with E-state index in [1.54, 1.807) is 0 Å². The molecular weight excluding hydrogens is 140 g/mol. The fourth-order valence-corrected chi connectivity index (χ4v) is 0.912. The van der Waals surface area contributed by atoms with Crippen LogP contribution in [0.1, 0.15) is 32.2 Å². The van der Waals surface area contributed by atoms with Crippen molar-refractivity contribution in [2.24, 2.45) is 5.41 Å². The van der Waals surface area contributed by atoms with Gasteiger partial charge < -0.3 is 0 Å². The van der Waals surface area contributed by atoms with Crippen LogP contribution in [0.3, 0.4) is 0 Å². The normalized spacial score (nSPS) is 12.0. The van der Waals surface area contributed by atoms with Gasteiger partial charge in [0.05, 0.1) is 0 Å². The van der Waals surface area contributed by atoms with Crippen molar-refractivity contribution >= 4 is 0 Å². The minimum atomic E-state index is 0.253. The molecule has 0 aliphatic carbocycles. The fraction of sp³-hybridized carbons (Fsp3) is 0.750. The van der Waals surface area contributed by atoms with Gasteiger partial charge in [-0.15, -0.1) is 0 Å². The topological polar surface area (TPSA) is 38.9 Å². The lowest BCUT2D eigenvalue weighted by atomic mass is 9.90. The molecule has 1 heterocycles. The maximum Gasteiger partial charge on any atom is 0.108 e. The predicted octanol–water partition coefficient (Wildman–Crippen LogP) is 1.97. The zero-order valence-electron chi connectivity index (χ0n) is 7.51. The Balaban J connectivity index is 2.72. The number of hydrogen-bond donors (Lipinski definition) is 0. The summed E-state index contributed by atoms with van der Waals surface area (Å²) in [5.41, 5.74) is 2.13. The Morgan fingerprint density at radius 3 is 2.27 bits per heavy atom. The lowest BCUT2D eigenvalue weighted by Crippen LogP contribution is -2.10. The standard InChI is InChI=1S/C8H14N2O/c1-6-7(10-11-9-6)5-8(2,3)4/h5H2,1-4H3. The molecule has 3 nitrogen and oxygen atoms in total. The summed E-state index contributed by atoms with van der Waals surface area (Å²) in [6, 6.07) is 0. The second-order valence-electron chi connectivity index (χ2n) is 4.03. The van der Waals surface area contributed by atoms with Crippen LogP contribution in [0.25, 0.3) is 0 Å². The molecule has 0 unspecified atom stereocenters. The maximum atomic E-state index is 4.59. The quantitative estimate of drug-likeness (QED) is 0.620. The first kappa shape index (κ1) is 8.24. The second kappa shape index (κ2) is 2.64. The summed E-state index contributed by atoms with van der Waals surface area (Å²) >= 11 is 0. The van der Waals surface area contributed by atoms with E-state index in [1.807, 2.05) is 6.92 Å². The van der Waals surface area contributed by atoms with E-state index in [1.165, 1.54) is 0 Å². The highest BCUT2D eigenvalue weighted by atomic mass is 16.6. The summed E-state index contributed by atoms with van der Waals surface area (Å²) in [6.07, 6.45) is 0.919. The monoisotopic (exact) mass is 154 g/mol. The first-order valence-corrected chi connectivity index (χ1v) is 3.77. The van der Waals surface area contributed by atoms with Gasteiger partial charge in [0.15, 0.2) is 0 Å². The van der Waals surface area contributed by atoms with Crippen LogP contribution in [0.15, 0.2) is 4.63 Å².